The van der Waals surface area contributed by atoms with E-state index < -0.39 is 17.9 Å². The molecule has 0 amide bonds. The summed E-state index contributed by atoms with van der Waals surface area (Å²) in [5, 5.41) is 17.2. The third kappa shape index (κ3) is 2.56. The van der Waals surface area contributed by atoms with Crippen molar-refractivity contribution in [2.45, 2.75) is 5.92 Å². The van der Waals surface area contributed by atoms with E-state index in [0.717, 1.165) is 0 Å². The van der Waals surface area contributed by atoms with Gasteiger partial charge in [0.25, 0.3) is 0 Å². The molecule has 0 aromatic heterocycles. The van der Waals surface area contributed by atoms with Crippen LogP contribution in [0.15, 0.2) is 30.3 Å². The van der Waals surface area contributed by atoms with Crippen LogP contribution in [0.2, 0.25) is 0 Å². The molecule has 0 aliphatic rings. The molecule has 1 aromatic rings. The molecule has 1 rings (SSSR count). The van der Waals surface area contributed by atoms with Gasteiger partial charge in [-0.2, -0.15) is 0 Å². The topological polar surface area (TPSA) is 106 Å². The summed E-state index contributed by atoms with van der Waals surface area (Å²) >= 11 is 0. The second-order valence-electron chi connectivity index (χ2n) is 2.52. The van der Waals surface area contributed by atoms with E-state index in [1.807, 2.05) is 0 Å². The first kappa shape index (κ1) is 12.1. The molecule has 4 N–H and O–H groups in total. The predicted molar refractivity (Wildman–Crippen MR) is 48.1 cm³/mol. The van der Waals surface area contributed by atoms with Crippen LogP contribution in [0.5, 0.6) is 0 Å². The quantitative estimate of drug-likeness (QED) is 0.672. The molecule has 5 nitrogen and oxygen atoms in total. The largest absolute Gasteiger partial charge is 0.480 e. The Kier molecular flexibility index (Phi) is 4.31. The van der Waals surface area contributed by atoms with E-state index in [1.165, 1.54) is 12.1 Å². The molecule has 0 aliphatic heterocycles. The van der Waals surface area contributed by atoms with Gasteiger partial charge in [0, 0.05) is 0 Å². The minimum Gasteiger partial charge on any atom is -0.480 e. The maximum atomic E-state index is 10.6. The predicted octanol–water partition coefficient (Wildman–Crippen LogP) is 0.115. The highest BCUT2D eigenvalue weighted by Crippen LogP contribution is 2.15. The van der Waals surface area contributed by atoms with Crippen molar-refractivity contribution in [2.24, 2.45) is 0 Å². The maximum absolute atomic E-state index is 10.6. The van der Waals surface area contributed by atoms with E-state index in [4.69, 9.17) is 10.2 Å². The lowest BCUT2D eigenvalue weighted by atomic mass is 10.00. The number of rotatable bonds is 3. The van der Waals surface area contributed by atoms with E-state index in [1.54, 1.807) is 18.2 Å². The monoisotopic (exact) mass is 198 g/mol. The second-order valence-corrected chi connectivity index (χ2v) is 2.52. The van der Waals surface area contributed by atoms with Crippen LogP contribution in [-0.4, -0.2) is 27.6 Å². The number of hydrogen-bond donors (Lipinski definition) is 2. The van der Waals surface area contributed by atoms with E-state index in [9.17, 15) is 9.59 Å². The van der Waals surface area contributed by atoms with Crippen LogP contribution in [-0.2, 0) is 9.59 Å². The van der Waals surface area contributed by atoms with Crippen molar-refractivity contribution in [2.75, 3.05) is 0 Å². The van der Waals surface area contributed by atoms with Crippen LogP contribution in [0.1, 0.15) is 11.5 Å². The third-order valence-corrected chi connectivity index (χ3v) is 1.63. The first-order valence-corrected chi connectivity index (χ1v) is 3.63. The summed E-state index contributed by atoms with van der Waals surface area (Å²) in [5.74, 6) is -4.17. The average Bonchev–Trinajstić information content (AvgIpc) is 2.04. The van der Waals surface area contributed by atoms with Crippen LogP contribution in [0.3, 0.4) is 0 Å². The summed E-state index contributed by atoms with van der Waals surface area (Å²) in [7, 11) is 0. The standard InChI is InChI=1S/C9H8O4.H2O/c10-8(11)7(9(12)13)6-4-2-1-3-5-6;/h1-5,7H,(H,10,11)(H,12,13);1H2. The third-order valence-electron chi connectivity index (χ3n) is 1.63. The fourth-order valence-corrected chi connectivity index (χ4v) is 1.04. The lowest BCUT2D eigenvalue weighted by Crippen LogP contribution is -2.20. The summed E-state index contributed by atoms with van der Waals surface area (Å²) in [6.07, 6.45) is 0. The Morgan fingerprint density at radius 3 is 1.79 bits per heavy atom. The molecule has 0 bridgehead atoms. The van der Waals surface area contributed by atoms with Gasteiger partial charge in [-0.25, -0.2) is 0 Å². The average molecular weight is 198 g/mol. The number of carbonyl (C=O) groups is 2. The number of hydrogen-bond acceptors (Lipinski definition) is 2. The van der Waals surface area contributed by atoms with Crippen molar-refractivity contribution < 1.29 is 25.3 Å². The van der Waals surface area contributed by atoms with E-state index in [-0.39, 0.29) is 11.0 Å². The zero-order valence-corrected chi connectivity index (χ0v) is 7.18. The van der Waals surface area contributed by atoms with Crippen molar-refractivity contribution in [1.82, 2.24) is 0 Å². The Bertz CT molecular complexity index is 305. The Labute approximate surface area is 79.9 Å². The van der Waals surface area contributed by atoms with Crippen molar-refractivity contribution in [3.05, 3.63) is 35.9 Å². The van der Waals surface area contributed by atoms with Gasteiger partial charge < -0.3 is 15.7 Å². The Balaban J connectivity index is 0.00000169. The molecule has 14 heavy (non-hydrogen) atoms. The summed E-state index contributed by atoms with van der Waals surface area (Å²) in [5.41, 5.74) is 0.280. The smallest absolute Gasteiger partial charge is 0.322 e. The van der Waals surface area contributed by atoms with Gasteiger partial charge in [0.15, 0.2) is 5.92 Å². The highest BCUT2D eigenvalue weighted by atomic mass is 16.4. The minimum atomic E-state index is -1.47. The SMILES string of the molecule is O.O=C(O)C(C(=O)O)c1ccccc1. The Morgan fingerprint density at radius 1 is 1.00 bits per heavy atom. The van der Waals surface area contributed by atoms with Crippen LogP contribution < -0.4 is 0 Å². The van der Waals surface area contributed by atoms with E-state index in [2.05, 4.69) is 0 Å². The molecule has 1 aromatic carbocycles. The summed E-state index contributed by atoms with van der Waals surface area (Å²) in [6, 6.07) is 7.87. The fourth-order valence-electron chi connectivity index (χ4n) is 1.04. The van der Waals surface area contributed by atoms with Gasteiger partial charge in [0.1, 0.15) is 0 Å². The second kappa shape index (κ2) is 4.98. The van der Waals surface area contributed by atoms with Crippen molar-refractivity contribution in [3.8, 4) is 0 Å². The Hall–Kier alpha value is -1.88. The van der Waals surface area contributed by atoms with Crippen LogP contribution in [0.4, 0.5) is 0 Å². The van der Waals surface area contributed by atoms with Crippen molar-refractivity contribution >= 4 is 11.9 Å². The molecule has 0 saturated carbocycles. The highest BCUT2D eigenvalue weighted by Gasteiger charge is 2.27. The molecule has 0 radical (unpaired) electrons. The number of aliphatic carboxylic acids is 2. The molecule has 0 unspecified atom stereocenters. The summed E-state index contributed by atoms with van der Waals surface area (Å²) in [4.78, 5) is 21.1. The Morgan fingerprint density at radius 2 is 1.43 bits per heavy atom. The summed E-state index contributed by atoms with van der Waals surface area (Å²) in [6.45, 7) is 0. The van der Waals surface area contributed by atoms with Crippen molar-refractivity contribution in [1.29, 1.82) is 0 Å². The maximum Gasteiger partial charge on any atom is 0.322 e. The first-order chi connectivity index (χ1) is 6.13. The van der Waals surface area contributed by atoms with E-state index in [0.29, 0.717) is 0 Å². The number of carboxylic acid groups (broad SMARTS) is 2. The number of benzene rings is 1. The van der Waals surface area contributed by atoms with Gasteiger partial charge in [0.05, 0.1) is 0 Å². The number of carboxylic acids is 2. The van der Waals surface area contributed by atoms with Gasteiger partial charge in [-0.1, -0.05) is 30.3 Å². The van der Waals surface area contributed by atoms with Crippen molar-refractivity contribution in [3.63, 3.8) is 0 Å². The van der Waals surface area contributed by atoms with Gasteiger partial charge in [-0.15, -0.1) is 0 Å². The molecular formula is C9H10O5. The van der Waals surface area contributed by atoms with Crippen LogP contribution >= 0.6 is 0 Å². The molecule has 0 aliphatic carbocycles. The highest BCUT2D eigenvalue weighted by molar-refractivity contribution is 5.98. The lowest BCUT2D eigenvalue weighted by molar-refractivity contribution is -0.150. The molecule has 5 heteroatoms. The molecule has 0 fully saturated rings. The van der Waals surface area contributed by atoms with Gasteiger partial charge >= 0.3 is 11.9 Å². The fraction of sp³-hybridized carbons (Fsp3) is 0.111. The lowest BCUT2D eigenvalue weighted by Gasteiger charge is -2.06. The van der Waals surface area contributed by atoms with Crippen LogP contribution in [0, 0.1) is 0 Å². The minimum absolute atomic E-state index is 0. The molecule has 0 spiro atoms. The zero-order chi connectivity index (χ0) is 9.84. The zero-order valence-electron chi connectivity index (χ0n) is 7.18. The summed E-state index contributed by atoms with van der Waals surface area (Å²) < 4.78 is 0. The van der Waals surface area contributed by atoms with Gasteiger partial charge in [-0.05, 0) is 5.56 Å². The molecule has 0 saturated heterocycles. The molecule has 0 heterocycles. The normalized spacial score (nSPS) is 9.21. The molecule has 76 valence electrons. The van der Waals surface area contributed by atoms with Crippen LogP contribution in [0.25, 0.3) is 0 Å². The molecular weight excluding hydrogens is 188 g/mol. The van der Waals surface area contributed by atoms with E-state index >= 15 is 0 Å². The first-order valence-electron chi connectivity index (χ1n) is 3.63. The van der Waals surface area contributed by atoms with Gasteiger partial charge in [-0.3, -0.25) is 9.59 Å². The van der Waals surface area contributed by atoms with Gasteiger partial charge in [0.2, 0.25) is 0 Å². The molecule has 0 atom stereocenters.